The van der Waals surface area contributed by atoms with Crippen molar-refractivity contribution in [3.05, 3.63) is 47.8 Å². The maximum Gasteiger partial charge on any atom is 0.254 e. The number of aromatic nitrogens is 2. The minimum Gasteiger partial charge on any atom is -0.378 e. The Bertz CT molecular complexity index is 844. The van der Waals surface area contributed by atoms with E-state index in [9.17, 15) is 4.79 Å². The number of aliphatic imine (C=N–C) groups is 1. The van der Waals surface area contributed by atoms with Crippen LogP contribution in [0.1, 0.15) is 35.2 Å². The van der Waals surface area contributed by atoms with Gasteiger partial charge in [-0.1, -0.05) is 18.2 Å². The molecule has 1 fully saturated rings. The number of amides is 1. The first kappa shape index (κ1) is 17.6. The summed E-state index contributed by atoms with van der Waals surface area (Å²) in [6.45, 7) is 5.53. The maximum absolute atomic E-state index is 12.4. The van der Waals surface area contributed by atoms with Gasteiger partial charge in [0.1, 0.15) is 0 Å². The average Bonchev–Trinajstić information content (AvgIpc) is 3.04. The van der Waals surface area contributed by atoms with Gasteiger partial charge in [-0.2, -0.15) is 0 Å². The molecule has 7 heteroatoms. The lowest BCUT2D eigenvalue weighted by atomic mass is 9.93. The largest absolute Gasteiger partial charge is 0.378 e. The lowest BCUT2D eigenvalue weighted by Gasteiger charge is -2.26. The lowest BCUT2D eigenvalue weighted by Crippen LogP contribution is -2.37. The molecule has 1 saturated heterocycles. The van der Waals surface area contributed by atoms with E-state index in [1.807, 2.05) is 25.1 Å². The third-order valence-corrected chi connectivity index (χ3v) is 5.03. The van der Waals surface area contributed by atoms with Crippen LogP contribution in [0.5, 0.6) is 0 Å². The average molecular weight is 365 g/mol. The fourth-order valence-corrected chi connectivity index (χ4v) is 3.54. The Kier molecular flexibility index (Phi) is 5.11. The summed E-state index contributed by atoms with van der Waals surface area (Å²) in [6.07, 6.45) is 4.00. The fourth-order valence-electron chi connectivity index (χ4n) is 3.54. The molecule has 1 amide bonds. The van der Waals surface area contributed by atoms with E-state index in [0.29, 0.717) is 31.3 Å². The number of para-hydroxylation sites is 1. The van der Waals surface area contributed by atoms with Crippen molar-refractivity contribution in [3.63, 3.8) is 0 Å². The third kappa shape index (κ3) is 3.83. The van der Waals surface area contributed by atoms with Crippen LogP contribution >= 0.6 is 0 Å². The molecule has 0 saturated carbocycles. The molecule has 27 heavy (non-hydrogen) atoms. The maximum atomic E-state index is 12.4. The topological polar surface area (TPSA) is 79.7 Å². The summed E-state index contributed by atoms with van der Waals surface area (Å²) >= 11 is 0. The molecule has 0 spiro atoms. The number of ether oxygens (including phenoxy) is 1. The molecule has 2 aromatic rings. The van der Waals surface area contributed by atoms with E-state index in [-0.39, 0.29) is 11.8 Å². The first-order valence-electron chi connectivity index (χ1n) is 9.29. The number of nitrogens with zero attached hydrogens (tertiary/aromatic N) is 4. The van der Waals surface area contributed by atoms with Crippen molar-refractivity contribution in [1.29, 1.82) is 0 Å². The molecule has 4 rings (SSSR count). The standard InChI is InChI=1S/C20H23N5O2/c1-14-16(17-4-2-3-5-18(17)24-14)6-7-21-19(26)15-12-22-20(23-13-15)25-8-10-27-11-9-25/h2-5,12-13,16H,6-11H2,1H3,(H,21,26). The molecule has 0 radical (unpaired) electrons. The molecule has 1 N–H and O–H groups in total. The molecular weight excluding hydrogens is 342 g/mol. The highest BCUT2D eigenvalue weighted by molar-refractivity contribution is 5.96. The van der Waals surface area contributed by atoms with Gasteiger partial charge < -0.3 is 15.0 Å². The molecule has 1 aromatic heterocycles. The molecule has 2 aliphatic heterocycles. The number of benzene rings is 1. The Morgan fingerprint density at radius 1 is 1.22 bits per heavy atom. The van der Waals surface area contributed by atoms with Gasteiger partial charge in [-0.25, -0.2) is 9.97 Å². The monoisotopic (exact) mass is 365 g/mol. The normalized spacial score (nSPS) is 18.8. The zero-order chi connectivity index (χ0) is 18.6. The van der Waals surface area contributed by atoms with Crippen LogP contribution in [0.2, 0.25) is 0 Å². The first-order chi connectivity index (χ1) is 13.2. The van der Waals surface area contributed by atoms with Crippen LogP contribution in [0.4, 0.5) is 11.6 Å². The van der Waals surface area contributed by atoms with Gasteiger partial charge in [0.25, 0.3) is 5.91 Å². The van der Waals surface area contributed by atoms with Crippen molar-refractivity contribution in [2.45, 2.75) is 19.3 Å². The van der Waals surface area contributed by atoms with Crippen molar-refractivity contribution in [2.75, 3.05) is 37.7 Å². The van der Waals surface area contributed by atoms with E-state index in [2.05, 4.69) is 31.2 Å². The van der Waals surface area contributed by atoms with Gasteiger partial charge in [-0.05, 0) is 25.0 Å². The van der Waals surface area contributed by atoms with Crippen LogP contribution in [0.25, 0.3) is 0 Å². The van der Waals surface area contributed by atoms with E-state index in [0.717, 1.165) is 30.9 Å². The van der Waals surface area contributed by atoms with Gasteiger partial charge in [0.05, 0.1) is 24.5 Å². The zero-order valence-electron chi connectivity index (χ0n) is 15.4. The second-order valence-corrected chi connectivity index (χ2v) is 6.78. The minimum atomic E-state index is -0.149. The number of carbonyl (C=O) groups excluding carboxylic acids is 1. The Balaban J connectivity index is 1.31. The second-order valence-electron chi connectivity index (χ2n) is 6.78. The van der Waals surface area contributed by atoms with Crippen molar-refractivity contribution in [3.8, 4) is 0 Å². The van der Waals surface area contributed by atoms with Gasteiger partial charge in [0.15, 0.2) is 0 Å². The molecular formula is C20H23N5O2. The SMILES string of the molecule is CC1=Nc2ccccc2C1CCNC(=O)c1cnc(N2CCOCC2)nc1. The fraction of sp³-hybridized carbons (Fsp3) is 0.400. The lowest BCUT2D eigenvalue weighted by molar-refractivity contribution is 0.0952. The van der Waals surface area contributed by atoms with Crippen LogP contribution in [-0.2, 0) is 4.74 Å². The smallest absolute Gasteiger partial charge is 0.254 e. The first-order valence-corrected chi connectivity index (χ1v) is 9.29. The highest BCUT2D eigenvalue weighted by Gasteiger charge is 2.23. The summed E-state index contributed by atoms with van der Waals surface area (Å²) in [6, 6.07) is 8.18. The summed E-state index contributed by atoms with van der Waals surface area (Å²) in [4.78, 5) is 27.7. The van der Waals surface area contributed by atoms with Crippen LogP contribution in [0, 0.1) is 0 Å². The molecule has 7 nitrogen and oxygen atoms in total. The van der Waals surface area contributed by atoms with Crippen molar-refractivity contribution in [2.24, 2.45) is 4.99 Å². The predicted octanol–water partition coefficient (Wildman–Crippen LogP) is 2.32. The van der Waals surface area contributed by atoms with Crippen LogP contribution in [0.15, 0.2) is 41.7 Å². The van der Waals surface area contributed by atoms with Gasteiger partial charge in [-0.3, -0.25) is 9.79 Å². The molecule has 1 atom stereocenters. The third-order valence-electron chi connectivity index (χ3n) is 5.03. The van der Waals surface area contributed by atoms with Gasteiger partial charge in [0, 0.05) is 43.7 Å². The zero-order valence-corrected chi connectivity index (χ0v) is 15.4. The van der Waals surface area contributed by atoms with Gasteiger partial charge in [0.2, 0.25) is 5.95 Å². The van der Waals surface area contributed by atoms with Crippen LogP contribution in [-0.4, -0.2) is 54.4 Å². The number of nitrogens with one attached hydrogen (secondary N) is 1. The van der Waals surface area contributed by atoms with Crippen molar-refractivity contribution >= 4 is 23.3 Å². The highest BCUT2D eigenvalue weighted by atomic mass is 16.5. The number of hydrogen-bond donors (Lipinski definition) is 1. The van der Waals surface area contributed by atoms with Gasteiger partial charge in [-0.15, -0.1) is 0 Å². The molecule has 0 bridgehead atoms. The highest BCUT2D eigenvalue weighted by Crippen LogP contribution is 2.36. The summed E-state index contributed by atoms with van der Waals surface area (Å²) in [5.74, 6) is 0.759. The van der Waals surface area contributed by atoms with E-state index in [1.54, 1.807) is 12.4 Å². The summed E-state index contributed by atoms with van der Waals surface area (Å²) < 4.78 is 5.33. The number of rotatable bonds is 5. The van der Waals surface area contributed by atoms with E-state index in [1.165, 1.54) is 5.56 Å². The molecule has 1 aromatic carbocycles. The molecule has 1 unspecified atom stereocenters. The molecule has 140 valence electrons. The van der Waals surface area contributed by atoms with Crippen LogP contribution in [0.3, 0.4) is 0 Å². The number of fused-ring (bicyclic) bond motifs is 1. The number of morpholine rings is 1. The number of carbonyl (C=O) groups is 1. The molecule has 0 aliphatic carbocycles. The number of hydrogen-bond acceptors (Lipinski definition) is 6. The summed E-state index contributed by atoms with van der Waals surface area (Å²) in [5, 5.41) is 2.97. The van der Waals surface area contributed by atoms with Gasteiger partial charge >= 0.3 is 0 Å². The van der Waals surface area contributed by atoms with Crippen molar-refractivity contribution in [1.82, 2.24) is 15.3 Å². The summed E-state index contributed by atoms with van der Waals surface area (Å²) in [5.41, 5.74) is 3.86. The Morgan fingerprint density at radius 3 is 2.74 bits per heavy atom. The number of anilines is 1. The Hall–Kier alpha value is -2.80. The Morgan fingerprint density at radius 2 is 1.96 bits per heavy atom. The van der Waals surface area contributed by atoms with E-state index in [4.69, 9.17) is 4.74 Å². The Labute approximate surface area is 158 Å². The second kappa shape index (κ2) is 7.84. The summed E-state index contributed by atoms with van der Waals surface area (Å²) in [7, 11) is 0. The minimum absolute atomic E-state index is 0.149. The van der Waals surface area contributed by atoms with Crippen LogP contribution < -0.4 is 10.2 Å². The predicted molar refractivity (Wildman–Crippen MR) is 104 cm³/mol. The quantitative estimate of drug-likeness (QED) is 0.880. The molecule has 3 heterocycles. The van der Waals surface area contributed by atoms with Crippen molar-refractivity contribution < 1.29 is 9.53 Å². The molecule has 2 aliphatic rings. The van der Waals surface area contributed by atoms with E-state index >= 15 is 0 Å². The van der Waals surface area contributed by atoms with E-state index < -0.39 is 0 Å².